The van der Waals surface area contributed by atoms with Crippen LogP contribution in [0, 0.1) is 11.7 Å². The maximum atomic E-state index is 13.6. The van der Waals surface area contributed by atoms with Crippen molar-refractivity contribution in [3.8, 4) is 11.3 Å². The van der Waals surface area contributed by atoms with Crippen molar-refractivity contribution in [3.63, 3.8) is 0 Å². The van der Waals surface area contributed by atoms with E-state index in [1.54, 1.807) is 12.1 Å². The molecule has 4 aromatic rings. The van der Waals surface area contributed by atoms with Crippen molar-refractivity contribution in [3.05, 3.63) is 59.7 Å². The van der Waals surface area contributed by atoms with Gasteiger partial charge >= 0.3 is 0 Å². The van der Waals surface area contributed by atoms with Crippen molar-refractivity contribution in [1.82, 2.24) is 29.6 Å². The topological polar surface area (TPSA) is 127 Å². The summed E-state index contributed by atoms with van der Waals surface area (Å²) < 4.78 is 48.9. The summed E-state index contributed by atoms with van der Waals surface area (Å²) in [5.74, 6) is 0.217. The summed E-state index contributed by atoms with van der Waals surface area (Å²) in [4.78, 5) is 11.8. The second-order valence-electron chi connectivity index (χ2n) is 10.0. The molecule has 1 aliphatic heterocycles. The number of nitrogens with one attached hydrogen (secondary N) is 2. The smallest absolute Gasteiger partial charge is 0.285 e. The molecule has 208 valence electrons. The normalized spacial score (nSPS) is 15.7. The standard InChI is InChI=1S/C26H32FN7O4S/c1-17(2)16-34-25-22(30-26(34)32-38-39(3,35)36)9-8-21(29-25)20-15-28-31-24(20)23(33-10-12-37-13-11-33)14-18-4-6-19(27)7-5-18/h4-9,15,17,23H,10-14,16H2,1-3H3,(H,28,31)(H,30,32). The van der Waals surface area contributed by atoms with E-state index >= 15 is 0 Å². The Morgan fingerprint density at radius 3 is 2.56 bits per heavy atom. The molecule has 0 bridgehead atoms. The highest BCUT2D eigenvalue weighted by molar-refractivity contribution is 7.86. The zero-order valence-corrected chi connectivity index (χ0v) is 22.9. The molecular formula is C26H32FN7O4S. The van der Waals surface area contributed by atoms with Crippen molar-refractivity contribution in [2.24, 2.45) is 5.92 Å². The van der Waals surface area contributed by atoms with E-state index in [9.17, 15) is 12.8 Å². The van der Waals surface area contributed by atoms with Gasteiger partial charge in [0.05, 0.1) is 36.9 Å². The summed E-state index contributed by atoms with van der Waals surface area (Å²) in [5.41, 5.74) is 7.03. The summed E-state index contributed by atoms with van der Waals surface area (Å²) >= 11 is 0. The monoisotopic (exact) mass is 557 g/mol. The van der Waals surface area contributed by atoms with Crippen LogP contribution in [0.3, 0.4) is 0 Å². The first kappa shape index (κ1) is 27.2. The molecule has 0 amide bonds. The number of halogens is 1. The molecule has 4 heterocycles. The van der Waals surface area contributed by atoms with Crippen molar-refractivity contribution < 1.29 is 21.8 Å². The third-order valence-corrected chi connectivity index (χ3v) is 6.90. The quantitative estimate of drug-likeness (QED) is 0.282. The maximum absolute atomic E-state index is 13.6. The van der Waals surface area contributed by atoms with Crippen LogP contribution >= 0.6 is 0 Å². The van der Waals surface area contributed by atoms with Crippen LogP contribution in [0.4, 0.5) is 10.3 Å². The second-order valence-corrected chi connectivity index (χ2v) is 11.6. The van der Waals surface area contributed by atoms with Crippen molar-refractivity contribution in [2.75, 3.05) is 38.0 Å². The van der Waals surface area contributed by atoms with Crippen LogP contribution in [0.5, 0.6) is 0 Å². The molecule has 1 aliphatic rings. The van der Waals surface area contributed by atoms with Crippen molar-refractivity contribution in [1.29, 1.82) is 0 Å². The second kappa shape index (κ2) is 11.4. The SMILES string of the molecule is CC(C)Cn1c(NOS(C)(=O)=O)nc2ccc(-c3c[nH]nc3C(Cc3ccc(F)cc3)N3CCOCC3)nc21. The van der Waals surface area contributed by atoms with Crippen LogP contribution in [0.25, 0.3) is 22.4 Å². The zero-order valence-electron chi connectivity index (χ0n) is 22.1. The maximum Gasteiger partial charge on any atom is 0.285 e. The third-order valence-electron chi connectivity index (χ3n) is 6.51. The Morgan fingerprint density at radius 1 is 1.13 bits per heavy atom. The van der Waals surface area contributed by atoms with Gasteiger partial charge in [0.1, 0.15) is 11.3 Å². The number of ether oxygens (including phenoxy) is 1. The number of aromatic amines is 1. The van der Waals surface area contributed by atoms with Gasteiger partial charge in [-0.25, -0.2) is 19.8 Å². The molecule has 0 radical (unpaired) electrons. The molecule has 1 saturated heterocycles. The number of benzene rings is 1. The Balaban J connectivity index is 1.54. The Hall–Kier alpha value is -3.39. The van der Waals surface area contributed by atoms with Gasteiger partial charge in [-0.1, -0.05) is 26.0 Å². The van der Waals surface area contributed by atoms with Crippen LogP contribution in [0.1, 0.15) is 31.1 Å². The minimum absolute atomic E-state index is 0.0842. The average molecular weight is 558 g/mol. The molecule has 11 nitrogen and oxygen atoms in total. The zero-order chi connectivity index (χ0) is 27.6. The Morgan fingerprint density at radius 2 is 1.87 bits per heavy atom. The van der Waals surface area contributed by atoms with Crippen LogP contribution in [-0.2, 0) is 32.1 Å². The van der Waals surface area contributed by atoms with E-state index in [0.29, 0.717) is 43.0 Å². The number of fused-ring (bicyclic) bond motifs is 1. The largest absolute Gasteiger partial charge is 0.379 e. The molecule has 0 spiro atoms. The first-order valence-electron chi connectivity index (χ1n) is 12.8. The van der Waals surface area contributed by atoms with Crippen LogP contribution in [0.2, 0.25) is 0 Å². The molecule has 1 aromatic carbocycles. The molecule has 5 rings (SSSR count). The van der Waals surface area contributed by atoms with Gasteiger partial charge in [-0.3, -0.25) is 14.6 Å². The van der Waals surface area contributed by atoms with Gasteiger partial charge in [-0.15, -0.1) is 4.28 Å². The van der Waals surface area contributed by atoms with E-state index in [2.05, 4.69) is 25.6 Å². The summed E-state index contributed by atoms with van der Waals surface area (Å²) in [6.07, 6.45) is 3.43. The number of anilines is 1. The summed E-state index contributed by atoms with van der Waals surface area (Å²) in [5, 5.41) is 7.67. The lowest BCUT2D eigenvalue weighted by atomic mass is 9.97. The van der Waals surface area contributed by atoms with Gasteiger partial charge in [-0.05, 0) is 42.2 Å². The number of pyridine rings is 1. The number of rotatable bonds is 10. The van der Waals surface area contributed by atoms with E-state index in [-0.39, 0.29) is 23.7 Å². The molecule has 39 heavy (non-hydrogen) atoms. The van der Waals surface area contributed by atoms with Gasteiger partial charge < -0.3 is 4.74 Å². The fourth-order valence-corrected chi connectivity index (χ4v) is 5.00. The highest BCUT2D eigenvalue weighted by atomic mass is 32.2. The molecule has 1 atom stereocenters. The van der Waals surface area contributed by atoms with Crippen LogP contribution < -0.4 is 5.48 Å². The van der Waals surface area contributed by atoms with Crippen molar-refractivity contribution in [2.45, 2.75) is 32.9 Å². The van der Waals surface area contributed by atoms with Crippen molar-refractivity contribution >= 4 is 27.2 Å². The average Bonchev–Trinajstić information content (AvgIpc) is 3.52. The summed E-state index contributed by atoms with van der Waals surface area (Å²) in [7, 11) is -3.73. The van der Waals surface area contributed by atoms with E-state index in [0.717, 1.165) is 36.2 Å². The van der Waals surface area contributed by atoms with E-state index in [1.807, 2.05) is 36.7 Å². The van der Waals surface area contributed by atoms with Gasteiger partial charge in [0.15, 0.2) is 5.65 Å². The predicted molar refractivity (Wildman–Crippen MR) is 145 cm³/mol. The predicted octanol–water partition coefficient (Wildman–Crippen LogP) is 3.54. The summed E-state index contributed by atoms with van der Waals surface area (Å²) in [6.45, 7) is 7.40. The minimum Gasteiger partial charge on any atom is -0.379 e. The number of aromatic nitrogens is 5. The molecule has 13 heteroatoms. The molecule has 0 saturated carbocycles. The number of hydrogen-bond donors (Lipinski definition) is 2. The number of hydrogen-bond acceptors (Lipinski definition) is 9. The van der Waals surface area contributed by atoms with Crippen LogP contribution in [-0.4, -0.2) is 70.6 Å². The highest BCUT2D eigenvalue weighted by Crippen LogP contribution is 2.33. The van der Waals surface area contributed by atoms with Gasteiger partial charge in [0, 0.05) is 31.4 Å². The first-order chi connectivity index (χ1) is 18.7. The van der Waals surface area contributed by atoms with Gasteiger partial charge in [0.2, 0.25) is 5.95 Å². The highest BCUT2D eigenvalue weighted by Gasteiger charge is 2.28. The fourth-order valence-electron chi connectivity index (χ4n) is 4.77. The Kier molecular flexibility index (Phi) is 7.93. The minimum atomic E-state index is -3.73. The third kappa shape index (κ3) is 6.44. The number of imidazole rings is 1. The lowest BCUT2D eigenvalue weighted by Crippen LogP contribution is -2.40. The molecule has 2 N–H and O–H groups in total. The molecule has 1 fully saturated rings. The Bertz CT molecular complexity index is 1530. The molecular weight excluding hydrogens is 525 g/mol. The van der Waals surface area contributed by atoms with E-state index < -0.39 is 10.1 Å². The van der Waals surface area contributed by atoms with Gasteiger partial charge in [0.25, 0.3) is 10.1 Å². The lowest BCUT2D eigenvalue weighted by Gasteiger charge is -2.34. The molecule has 3 aromatic heterocycles. The Labute approximate surface area is 226 Å². The summed E-state index contributed by atoms with van der Waals surface area (Å²) in [6, 6.07) is 10.2. The van der Waals surface area contributed by atoms with E-state index in [1.165, 1.54) is 12.1 Å². The first-order valence-corrected chi connectivity index (χ1v) is 14.6. The molecule has 0 aliphatic carbocycles. The number of morpholine rings is 1. The van der Waals surface area contributed by atoms with Crippen LogP contribution in [0.15, 0.2) is 42.6 Å². The van der Waals surface area contributed by atoms with Gasteiger partial charge in [-0.2, -0.15) is 13.5 Å². The molecule has 1 unspecified atom stereocenters. The number of H-pyrrole nitrogens is 1. The lowest BCUT2D eigenvalue weighted by molar-refractivity contribution is 0.0153. The fraction of sp³-hybridized carbons (Fsp3) is 0.423. The van der Waals surface area contributed by atoms with E-state index in [4.69, 9.17) is 14.0 Å². The number of nitrogens with zero attached hydrogens (tertiary/aromatic N) is 5.